The number of aromatic nitrogens is 2. The first kappa shape index (κ1) is 17.1. The van der Waals surface area contributed by atoms with Gasteiger partial charge in [0, 0.05) is 65.6 Å². The van der Waals surface area contributed by atoms with Crippen molar-refractivity contribution in [2.75, 3.05) is 39.3 Å². The fourth-order valence-electron chi connectivity index (χ4n) is 3.28. The Bertz CT molecular complexity index is 614. The van der Waals surface area contributed by atoms with Crippen molar-refractivity contribution in [3.8, 4) is 0 Å². The van der Waals surface area contributed by atoms with Gasteiger partial charge in [-0.3, -0.25) is 14.5 Å². The molecule has 0 aliphatic carbocycles. The smallest absolute Gasteiger partial charge is 0.0791 e. The molecule has 1 aromatic carbocycles. The van der Waals surface area contributed by atoms with Crippen molar-refractivity contribution < 1.29 is 0 Å². The summed E-state index contributed by atoms with van der Waals surface area (Å²) in [6.45, 7) is 10.8. The van der Waals surface area contributed by atoms with Gasteiger partial charge >= 0.3 is 0 Å². The van der Waals surface area contributed by atoms with Crippen LogP contribution >= 0.6 is 0 Å². The lowest BCUT2D eigenvalue weighted by molar-refractivity contribution is 0.127. The van der Waals surface area contributed by atoms with E-state index < -0.39 is 0 Å². The van der Waals surface area contributed by atoms with Crippen LogP contribution in [0.3, 0.4) is 0 Å². The minimum absolute atomic E-state index is 0.862. The van der Waals surface area contributed by atoms with Gasteiger partial charge in [0.05, 0.1) is 5.69 Å². The molecule has 0 unspecified atom stereocenters. The van der Waals surface area contributed by atoms with Crippen molar-refractivity contribution in [1.82, 2.24) is 24.9 Å². The maximum Gasteiger partial charge on any atom is 0.0791 e. The summed E-state index contributed by atoms with van der Waals surface area (Å²) in [6, 6.07) is 10.8. The molecule has 3 rings (SSSR count). The molecule has 0 amide bonds. The molecule has 1 aliphatic rings. The minimum Gasteiger partial charge on any atom is -0.310 e. The molecule has 1 saturated heterocycles. The quantitative estimate of drug-likeness (QED) is 0.785. The highest BCUT2D eigenvalue weighted by Gasteiger charge is 2.16. The van der Waals surface area contributed by atoms with Gasteiger partial charge in [-0.1, -0.05) is 30.3 Å². The molecule has 2 heterocycles. The number of nitrogens with one attached hydrogen (secondary N) is 1. The van der Waals surface area contributed by atoms with Crippen LogP contribution in [-0.2, 0) is 20.1 Å². The van der Waals surface area contributed by atoms with E-state index in [2.05, 4.69) is 63.7 Å². The molecule has 5 nitrogen and oxygen atoms in total. The molecular formula is C19H29N5. The van der Waals surface area contributed by atoms with Crippen molar-refractivity contribution in [3.63, 3.8) is 0 Å². The Morgan fingerprint density at radius 1 is 1.04 bits per heavy atom. The highest BCUT2D eigenvalue weighted by molar-refractivity contribution is 5.15. The van der Waals surface area contributed by atoms with Gasteiger partial charge in [0.1, 0.15) is 0 Å². The van der Waals surface area contributed by atoms with Gasteiger partial charge in [0.2, 0.25) is 0 Å². The third-order valence-electron chi connectivity index (χ3n) is 4.73. The van der Waals surface area contributed by atoms with E-state index in [1.807, 2.05) is 11.7 Å². The molecule has 1 aromatic heterocycles. The second-order valence-corrected chi connectivity index (χ2v) is 6.71. The number of nitrogens with zero attached hydrogens (tertiary/aromatic N) is 4. The molecule has 1 fully saturated rings. The average molecular weight is 327 g/mol. The standard InChI is InChI=1S/C19H29N5/c1-17-15-22(2)21-19(17)14-20-8-9-23-10-12-24(13-11-23)16-18-6-4-3-5-7-18/h3-7,15,20H,8-14,16H2,1-2H3. The number of piperazine rings is 1. The fourth-order valence-corrected chi connectivity index (χ4v) is 3.28. The van der Waals surface area contributed by atoms with E-state index in [1.165, 1.54) is 11.1 Å². The van der Waals surface area contributed by atoms with Crippen LogP contribution in [-0.4, -0.2) is 58.8 Å². The predicted octanol–water partition coefficient (Wildman–Crippen LogP) is 1.64. The van der Waals surface area contributed by atoms with Crippen LogP contribution in [0, 0.1) is 6.92 Å². The molecule has 1 aliphatic heterocycles. The van der Waals surface area contributed by atoms with Gasteiger partial charge in [-0.15, -0.1) is 0 Å². The Morgan fingerprint density at radius 2 is 1.75 bits per heavy atom. The summed E-state index contributed by atoms with van der Waals surface area (Å²) in [5, 5.41) is 8.00. The van der Waals surface area contributed by atoms with Crippen LogP contribution in [0.4, 0.5) is 0 Å². The number of aryl methyl sites for hydroxylation is 2. The molecule has 5 heteroatoms. The van der Waals surface area contributed by atoms with Crippen LogP contribution in [0.1, 0.15) is 16.8 Å². The highest BCUT2D eigenvalue weighted by atomic mass is 15.3. The molecule has 0 bridgehead atoms. The summed E-state index contributed by atoms with van der Waals surface area (Å²) >= 11 is 0. The lowest BCUT2D eigenvalue weighted by Gasteiger charge is -2.34. The molecule has 0 atom stereocenters. The van der Waals surface area contributed by atoms with E-state index in [1.54, 1.807) is 0 Å². The van der Waals surface area contributed by atoms with Gasteiger partial charge in [0.15, 0.2) is 0 Å². The number of rotatable bonds is 7. The fraction of sp³-hybridized carbons (Fsp3) is 0.526. The van der Waals surface area contributed by atoms with Crippen LogP contribution < -0.4 is 5.32 Å². The van der Waals surface area contributed by atoms with Crippen LogP contribution in [0.5, 0.6) is 0 Å². The van der Waals surface area contributed by atoms with E-state index in [-0.39, 0.29) is 0 Å². The zero-order valence-electron chi connectivity index (χ0n) is 14.9. The van der Waals surface area contributed by atoms with Gasteiger partial charge in [-0.2, -0.15) is 5.10 Å². The summed E-state index contributed by atoms with van der Waals surface area (Å²) in [5.74, 6) is 0. The molecule has 24 heavy (non-hydrogen) atoms. The Labute approximate surface area is 145 Å². The molecule has 0 saturated carbocycles. The van der Waals surface area contributed by atoms with Gasteiger partial charge in [-0.05, 0) is 18.1 Å². The second kappa shape index (κ2) is 8.42. The van der Waals surface area contributed by atoms with E-state index in [0.717, 1.165) is 58.1 Å². The van der Waals surface area contributed by atoms with E-state index in [4.69, 9.17) is 0 Å². The second-order valence-electron chi connectivity index (χ2n) is 6.71. The third kappa shape index (κ3) is 4.90. The molecule has 0 spiro atoms. The molecule has 1 N–H and O–H groups in total. The average Bonchev–Trinajstić information content (AvgIpc) is 2.91. The number of hydrogen-bond acceptors (Lipinski definition) is 4. The summed E-state index contributed by atoms with van der Waals surface area (Å²) in [5.41, 5.74) is 3.84. The summed E-state index contributed by atoms with van der Waals surface area (Å²) in [6.07, 6.45) is 2.07. The lowest BCUT2D eigenvalue weighted by atomic mass is 10.2. The van der Waals surface area contributed by atoms with Gasteiger partial charge in [-0.25, -0.2) is 0 Å². The van der Waals surface area contributed by atoms with Crippen molar-refractivity contribution >= 4 is 0 Å². The maximum absolute atomic E-state index is 4.48. The first-order valence-corrected chi connectivity index (χ1v) is 8.89. The van der Waals surface area contributed by atoms with E-state index >= 15 is 0 Å². The Balaban J connectivity index is 1.32. The predicted molar refractivity (Wildman–Crippen MR) is 97.8 cm³/mol. The van der Waals surface area contributed by atoms with Crippen molar-refractivity contribution in [2.24, 2.45) is 7.05 Å². The van der Waals surface area contributed by atoms with Crippen molar-refractivity contribution in [1.29, 1.82) is 0 Å². The van der Waals surface area contributed by atoms with Crippen LogP contribution in [0.25, 0.3) is 0 Å². The van der Waals surface area contributed by atoms with Crippen LogP contribution in [0.2, 0.25) is 0 Å². The SMILES string of the molecule is Cc1cn(C)nc1CNCCN1CCN(Cc2ccccc2)CC1. The minimum atomic E-state index is 0.862. The maximum atomic E-state index is 4.48. The number of hydrogen-bond donors (Lipinski definition) is 1. The molecule has 0 radical (unpaired) electrons. The Hall–Kier alpha value is -1.69. The Morgan fingerprint density at radius 3 is 2.42 bits per heavy atom. The topological polar surface area (TPSA) is 36.3 Å². The third-order valence-corrected chi connectivity index (χ3v) is 4.73. The van der Waals surface area contributed by atoms with Gasteiger partial charge < -0.3 is 5.32 Å². The summed E-state index contributed by atoms with van der Waals surface area (Å²) in [4.78, 5) is 5.11. The van der Waals surface area contributed by atoms with E-state index in [9.17, 15) is 0 Å². The summed E-state index contributed by atoms with van der Waals surface area (Å²) < 4.78 is 1.89. The Kier molecular flexibility index (Phi) is 6.01. The zero-order valence-corrected chi connectivity index (χ0v) is 14.9. The molecular weight excluding hydrogens is 298 g/mol. The normalized spacial score (nSPS) is 16.6. The molecule has 2 aromatic rings. The monoisotopic (exact) mass is 327 g/mol. The molecule has 130 valence electrons. The van der Waals surface area contributed by atoms with Crippen LogP contribution in [0.15, 0.2) is 36.5 Å². The van der Waals surface area contributed by atoms with E-state index in [0.29, 0.717) is 0 Å². The van der Waals surface area contributed by atoms with Gasteiger partial charge in [0.25, 0.3) is 0 Å². The first-order chi connectivity index (χ1) is 11.7. The van der Waals surface area contributed by atoms with Crippen molar-refractivity contribution in [3.05, 3.63) is 53.3 Å². The summed E-state index contributed by atoms with van der Waals surface area (Å²) in [7, 11) is 1.98. The van der Waals surface area contributed by atoms with Crippen molar-refractivity contribution in [2.45, 2.75) is 20.0 Å². The zero-order chi connectivity index (χ0) is 16.8. The highest BCUT2D eigenvalue weighted by Crippen LogP contribution is 2.08. The largest absolute Gasteiger partial charge is 0.310 e. The number of benzene rings is 1. The first-order valence-electron chi connectivity index (χ1n) is 8.89. The lowest BCUT2D eigenvalue weighted by Crippen LogP contribution is -2.47.